The van der Waals surface area contributed by atoms with E-state index in [1.54, 1.807) is 31.4 Å². The quantitative estimate of drug-likeness (QED) is 0.425. The Morgan fingerprint density at radius 2 is 1.64 bits per heavy atom. The van der Waals surface area contributed by atoms with E-state index in [2.05, 4.69) is 38.5 Å². The molecule has 0 aliphatic carbocycles. The molecule has 0 heterocycles. The van der Waals surface area contributed by atoms with Gasteiger partial charge in [-0.15, -0.1) is 0 Å². The Balaban J connectivity index is 1.80. The van der Waals surface area contributed by atoms with Crippen molar-refractivity contribution >= 4 is 45.8 Å². The van der Waals surface area contributed by atoms with Crippen LogP contribution in [0.4, 0.5) is 11.4 Å². The molecule has 0 aromatic heterocycles. The van der Waals surface area contributed by atoms with Crippen LogP contribution in [0.2, 0.25) is 0 Å². The summed E-state index contributed by atoms with van der Waals surface area (Å²) < 4.78 is 6.02. The van der Waals surface area contributed by atoms with Gasteiger partial charge >= 0.3 is 0 Å². The number of benzene rings is 2. The van der Waals surface area contributed by atoms with Crippen molar-refractivity contribution in [3.8, 4) is 0 Å². The highest BCUT2D eigenvalue weighted by Crippen LogP contribution is 2.12. The molecule has 0 saturated heterocycles. The maximum atomic E-state index is 12.0. The molecule has 0 unspecified atom stereocenters. The lowest BCUT2D eigenvalue weighted by molar-refractivity contribution is -0.114. The Bertz CT molecular complexity index is 703. The molecule has 0 aliphatic rings. The molecule has 0 aliphatic heterocycles. The van der Waals surface area contributed by atoms with Crippen LogP contribution in [-0.2, 0) is 9.53 Å². The largest absolute Gasteiger partial charge is 0.383 e. The number of carbonyl (C=O) groups excluding carboxylic acids is 2. The monoisotopic (exact) mass is 453 g/mol. The Morgan fingerprint density at radius 3 is 2.28 bits per heavy atom. The lowest BCUT2D eigenvalue weighted by atomic mass is 10.2. The van der Waals surface area contributed by atoms with Crippen LogP contribution in [0.15, 0.2) is 48.5 Å². The first-order chi connectivity index (χ1) is 12.1. The summed E-state index contributed by atoms with van der Waals surface area (Å²) in [6.07, 6.45) is 0. The number of methoxy groups -OCH3 is 1. The molecule has 0 fully saturated rings. The third kappa shape index (κ3) is 6.71. The number of amides is 2. The lowest BCUT2D eigenvalue weighted by Gasteiger charge is -2.09. The average Bonchev–Trinajstić information content (AvgIpc) is 2.62. The molecule has 2 amide bonds. The zero-order chi connectivity index (χ0) is 18.1. The van der Waals surface area contributed by atoms with E-state index in [9.17, 15) is 9.59 Å². The molecule has 0 saturated carbocycles. The van der Waals surface area contributed by atoms with Gasteiger partial charge in [0.05, 0.1) is 13.2 Å². The van der Waals surface area contributed by atoms with Crippen molar-refractivity contribution in [2.45, 2.75) is 0 Å². The van der Waals surface area contributed by atoms with E-state index in [-0.39, 0.29) is 18.4 Å². The van der Waals surface area contributed by atoms with Gasteiger partial charge in [0.1, 0.15) is 0 Å². The summed E-state index contributed by atoms with van der Waals surface area (Å²) in [5, 5.41) is 8.59. The molecular formula is C18H20IN3O3. The smallest absolute Gasteiger partial charge is 0.251 e. The molecule has 25 heavy (non-hydrogen) atoms. The van der Waals surface area contributed by atoms with Crippen LogP contribution in [0.25, 0.3) is 0 Å². The molecule has 2 aromatic carbocycles. The van der Waals surface area contributed by atoms with Gasteiger partial charge in [0.25, 0.3) is 5.91 Å². The predicted octanol–water partition coefficient (Wildman–Crippen LogP) is 2.72. The predicted molar refractivity (Wildman–Crippen MR) is 107 cm³/mol. The minimum atomic E-state index is -0.171. The molecule has 7 heteroatoms. The van der Waals surface area contributed by atoms with Gasteiger partial charge in [-0.05, 0) is 71.1 Å². The number of rotatable bonds is 8. The van der Waals surface area contributed by atoms with E-state index in [1.807, 2.05) is 24.3 Å². The molecule has 2 aromatic rings. The van der Waals surface area contributed by atoms with Crippen LogP contribution < -0.4 is 16.0 Å². The highest BCUT2D eigenvalue weighted by atomic mass is 127. The first-order valence-electron chi connectivity index (χ1n) is 7.75. The summed E-state index contributed by atoms with van der Waals surface area (Å²) in [5.41, 5.74) is 2.06. The van der Waals surface area contributed by atoms with Crippen molar-refractivity contribution < 1.29 is 14.3 Å². The Labute approximate surface area is 160 Å². The van der Waals surface area contributed by atoms with Crippen LogP contribution in [0.1, 0.15) is 10.4 Å². The van der Waals surface area contributed by atoms with Crippen molar-refractivity contribution in [1.82, 2.24) is 5.32 Å². The normalized spacial score (nSPS) is 10.2. The zero-order valence-corrected chi connectivity index (χ0v) is 16.0. The number of hydrogen-bond donors (Lipinski definition) is 3. The molecule has 2 rings (SSSR count). The van der Waals surface area contributed by atoms with Gasteiger partial charge in [-0.3, -0.25) is 9.59 Å². The first kappa shape index (κ1) is 19.2. The van der Waals surface area contributed by atoms with Gasteiger partial charge in [0, 0.05) is 34.2 Å². The van der Waals surface area contributed by atoms with E-state index in [0.29, 0.717) is 24.4 Å². The van der Waals surface area contributed by atoms with Gasteiger partial charge < -0.3 is 20.7 Å². The van der Waals surface area contributed by atoms with Crippen molar-refractivity contribution in [3.05, 3.63) is 57.7 Å². The number of halogens is 1. The SMILES string of the molecule is COCCNC(=O)c1ccc(NC(=O)CNc2ccc(I)cc2)cc1. The summed E-state index contributed by atoms with van der Waals surface area (Å²) in [5.74, 6) is -0.328. The molecule has 0 spiro atoms. The second-order valence-corrected chi connectivity index (χ2v) is 6.48. The van der Waals surface area contributed by atoms with Crippen LogP contribution >= 0.6 is 22.6 Å². The summed E-state index contributed by atoms with van der Waals surface area (Å²) in [6, 6.07) is 14.5. The molecular weight excluding hydrogens is 433 g/mol. The third-order valence-corrected chi connectivity index (χ3v) is 4.04. The van der Waals surface area contributed by atoms with Gasteiger partial charge in [-0.2, -0.15) is 0 Å². The fourth-order valence-electron chi connectivity index (χ4n) is 2.03. The second-order valence-electron chi connectivity index (χ2n) is 5.23. The van der Waals surface area contributed by atoms with Crippen molar-refractivity contribution in [1.29, 1.82) is 0 Å². The van der Waals surface area contributed by atoms with E-state index in [4.69, 9.17) is 4.74 Å². The van der Waals surface area contributed by atoms with Gasteiger partial charge in [0.2, 0.25) is 5.91 Å². The molecule has 132 valence electrons. The minimum Gasteiger partial charge on any atom is -0.383 e. The Kier molecular flexibility index (Phi) is 7.68. The number of ether oxygens (including phenoxy) is 1. The second kappa shape index (κ2) is 10.00. The number of nitrogens with one attached hydrogen (secondary N) is 3. The maximum absolute atomic E-state index is 12.0. The van der Waals surface area contributed by atoms with E-state index in [1.165, 1.54) is 0 Å². The summed E-state index contributed by atoms with van der Waals surface area (Å²) in [4.78, 5) is 23.8. The molecule has 3 N–H and O–H groups in total. The summed E-state index contributed by atoms with van der Waals surface area (Å²) in [6.45, 7) is 1.09. The number of anilines is 2. The Morgan fingerprint density at radius 1 is 1.00 bits per heavy atom. The third-order valence-electron chi connectivity index (χ3n) is 3.32. The van der Waals surface area contributed by atoms with Gasteiger partial charge in [-0.1, -0.05) is 0 Å². The van der Waals surface area contributed by atoms with E-state index < -0.39 is 0 Å². The molecule has 0 atom stereocenters. The van der Waals surface area contributed by atoms with E-state index >= 15 is 0 Å². The van der Waals surface area contributed by atoms with E-state index in [0.717, 1.165) is 9.26 Å². The highest BCUT2D eigenvalue weighted by molar-refractivity contribution is 14.1. The minimum absolute atomic E-state index is 0.157. The van der Waals surface area contributed by atoms with Gasteiger partial charge in [0.15, 0.2) is 0 Å². The highest BCUT2D eigenvalue weighted by Gasteiger charge is 2.06. The topological polar surface area (TPSA) is 79.5 Å². The maximum Gasteiger partial charge on any atom is 0.251 e. The summed E-state index contributed by atoms with van der Waals surface area (Å²) in [7, 11) is 1.58. The molecule has 6 nitrogen and oxygen atoms in total. The zero-order valence-electron chi connectivity index (χ0n) is 13.8. The van der Waals surface area contributed by atoms with Crippen LogP contribution in [0.5, 0.6) is 0 Å². The summed E-state index contributed by atoms with van der Waals surface area (Å²) >= 11 is 2.23. The molecule has 0 radical (unpaired) electrons. The average molecular weight is 453 g/mol. The van der Waals surface area contributed by atoms with Crippen LogP contribution in [-0.4, -0.2) is 38.6 Å². The van der Waals surface area contributed by atoms with Crippen LogP contribution in [0.3, 0.4) is 0 Å². The van der Waals surface area contributed by atoms with Crippen molar-refractivity contribution in [3.63, 3.8) is 0 Å². The Hall–Kier alpha value is -2.13. The number of carbonyl (C=O) groups is 2. The van der Waals surface area contributed by atoms with Crippen molar-refractivity contribution in [2.24, 2.45) is 0 Å². The standard InChI is InChI=1S/C18H20IN3O3/c1-25-11-10-20-18(24)13-2-6-16(7-3-13)22-17(23)12-21-15-8-4-14(19)5-9-15/h2-9,21H,10-12H2,1H3,(H,20,24)(H,22,23). The molecule has 0 bridgehead atoms. The first-order valence-corrected chi connectivity index (χ1v) is 8.83. The number of hydrogen-bond acceptors (Lipinski definition) is 4. The van der Waals surface area contributed by atoms with Gasteiger partial charge in [-0.25, -0.2) is 0 Å². The van der Waals surface area contributed by atoms with Crippen LogP contribution in [0, 0.1) is 3.57 Å². The van der Waals surface area contributed by atoms with Crippen molar-refractivity contribution in [2.75, 3.05) is 37.4 Å². The lowest BCUT2D eigenvalue weighted by Crippen LogP contribution is -2.27. The fraction of sp³-hybridized carbons (Fsp3) is 0.222. The fourth-order valence-corrected chi connectivity index (χ4v) is 2.39.